The van der Waals surface area contributed by atoms with Gasteiger partial charge in [-0.2, -0.15) is 0 Å². The Morgan fingerprint density at radius 3 is 3.00 bits per heavy atom. The third-order valence-electron chi connectivity index (χ3n) is 2.83. The maximum Gasteiger partial charge on any atom is 0.0480 e. The summed E-state index contributed by atoms with van der Waals surface area (Å²) in [4.78, 5) is 2.23. The SMILES string of the molecule is C=C1/C=C\C=C/CN(C)C2=C(C=CC=C=C2)C1. The molecule has 2 rings (SSSR count). The van der Waals surface area contributed by atoms with Crippen LogP contribution in [0.25, 0.3) is 0 Å². The molecule has 2 aliphatic rings. The number of hydrogen-bond acceptors (Lipinski definition) is 1. The van der Waals surface area contributed by atoms with Gasteiger partial charge in [0.2, 0.25) is 0 Å². The smallest absolute Gasteiger partial charge is 0.0480 e. The van der Waals surface area contributed by atoms with Gasteiger partial charge in [0, 0.05) is 25.4 Å². The Bertz CT molecular complexity index is 492. The van der Waals surface area contributed by atoms with Crippen LogP contribution in [0.4, 0.5) is 0 Å². The fourth-order valence-corrected chi connectivity index (χ4v) is 1.92. The molecule has 0 aromatic rings. The molecule has 1 heterocycles. The Morgan fingerprint density at radius 2 is 2.12 bits per heavy atom. The maximum atomic E-state index is 4.08. The molecule has 0 aromatic heterocycles. The predicted molar refractivity (Wildman–Crippen MR) is 73.5 cm³/mol. The van der Waals surface area contributed by atoms with Crippen molar-refractivity contribution in [3.8, 4) is 0 Å². The highest BCUT2D eigenvalue weighted by atomic mass is 15.1. The molecule has 1 heteroatoms. The van der Waals surface area contributed by atoms with Gasteiger partial charge >= 0.3 is 0 Å². The molecule has 17 heavy (non-hydrogen) atoms. The Labute approximate surface area is 103 Å². The van der Waals surface area contributed by atoms with E-state index in [0.717, 1.165) is 18.5 Å². The summed E-state index contributed by atoms with van der Waals surface area (Å²) in [7, 11) is 2.10. The summed E-state index contributed by atoms with van der Waals surface area (Å²) in [6.07, 6.45) is 17.4. The van der Waals surface area contributed by atoms with Crippen LogP contribution in [0.3, 0.4) is 0 Å². The van der Waals surface area contributed by atoms with Gasteiger partial charge in [-0.25, -0.2) is 0 Å². The maximum absolute atomic E-state index is 4.08. The molecule has 0 bridgehead atoms. The van der Waals surface area contributed by atoms with Crippen LogP contribution in [0.1, 0.15) is 6.42 Å². The van der Waals surface area contributed by atoms with Gasteiger partial charge in [-0.1, -0.05) is 48.6 Å². The molecular formula is C16H17N. The first-order valence-electron chi connectivity index (χ1n) is 5.82. The summed E-state index contributed by atoms with van der Waals surface area (Å²) in [5.74, 6) is 0. The number of likely N-dealkylation sites (N-methyl/N-ethyl adjacent to an activating group) is 1. The fraction of sp³-hybridized carbons (Fsp3) is 0.188. The zero-order valence-electron chi connectivity index (χ0n) is 10.2. The highest BCUT2D eigenvalue weighted by Crippen LogP contribution is 2.21. The minimum atomic E-state index is 0.881. The van der Waals surface area contributed by atoms with Gasteiger partial charge in [-0.3, -0.25) is 0 Å². The van der Waals surface area contributed by atoms with Gasteiger partial charge in [-0.05, 0) is 18.1 Å². The van der Waals surface area contributed by atoms with Crippen molar-refractivity contribution in [1.82, 2.24) is 4.90 Å². The molecule has 0 aromatic carbocycles. The standard InChI is InChI=1S/C16H17N/c1-14-9-5-4-8-12-17(2)16-11-7-3-6-10-15(16)13-14/h3-6,8-11H,1,12-13H2,2H3/b8-4-,9-5-. The highest BCUT2D eigenvalue weighted by Gasteiger charge is 2.08. The molecule has 86 valence electrons. The Kier molecular flexibility index (Phi) is 3.64. The molecular weight excluding hydrogens is 206 g/mol. The average Bonchev–Trinajstić information content (AvgIpc) is 2.53. The van der Waals surface area contributed by atoms with Crippen LogP contribution in [-0.4, -0.2) is 18.5 Å². The lowest BCUT2D eigenvalue weighted by atomic mass is 10.0. The van der Waals surface area contributed by atoms with E-state index in [4.69, 9.17) is 0 Å². The van der Waals surface area contributed by atoms with Gasteiger partial charge in [0.1, 0.15) is 0 Å². The molecule has 1 nitrogen and oxygen atoms in total. The average molecular weight is 223 g/mol. The summed E-state index contributed by atoms with van der Waals surface area (Å²) in [5.41, 5.74) is 6.80. The van der Waals surface area contributed by atoms with Gasteiger partial charge in [0.05, 0.1) is 0 Å². The van der Waals surface area contributed by atoms with Crippen molar-refractivity contribution >= 4 is 0 Å². The van der Waals surface area contributed by atoms with E-state index >= 15 is 0 Å². The number of rotatable bonds is 0. The topological polar surface area (TPSA) is 3.24 Å². The first kappa shape index (κ1) is 11.5. The lowest BCUT2D eigenvalue weighted by molar-refractivity contribution is 0.474. The van der Waals surface area contributed by atoms with Gasteiger partial charge < -0.3 is 4.90 Å². The lowest BCUT2D eigenvalue weighted by Gasteiger charge is -2.21. The quantitative estimate of drug-likeness (QED) is 0.568. The van der Waals surface area contributed by atoms with E-state index in [-0.39, 0.29) is 0 Å². The van der Waals surface area contributed by atoms with Crippen LogP contribution in [0.15, 0.2) is 77.8 Å². The molecule has 1 aliphatic heterocycles. The zero-order chi connectivity index (χ0) is 12.1. The van der Waals surface area contributed by atoms with Crippen LogP contribution in [0, 0.1) is 0 Å². The normalized spacial score (nSPS) is 23.4. The summed E-state index contributed by atoms with van der Waals surface area (Å²) < 4.78 is 0. The molecule has 0 N–H and O–H groups in total. The molecule has 0 spiro atoms. The number of allylic oxidation sites excluding steroid dienone is 8. The van der Waals surface area contributed by atoms with E-state index in [1.807, 2.05) is 18.2 Å². The number of nitrogens with zero attached hydrogens (tertiary/aromatic N) is 1. The Morgan fingerprint density at radius 1 is 1.24 bits per heavy atom. The van der Waals surface area contributed by atoms with Crippen molar-refractivity contribution in [2.75, 3.05) is 13.6 Å². The van der Waals surface area contributed by atoms with Gasteiger partial charge in [0.25, 0.3) is 0 Å². The van der Waals surface area contributed by atoms with Gasteiger partial charge in [-0.15, -0.1) is 5.73 Å². The monoisotopic (exact) mass is 223 g/mol. The summed E-state index contributed by atoms with van der Waals surface area (Å²) in [6, 6.07) is 0. The minimum Gasteiger partial charge on any atom is -0.370 e. The van der Waals surface area contributed by atoms with Crippen LogP contribution in [0.2, 0.25) is 0 Å². The summed E-state index contributed by atoms with van der Waals surface area (Å²) in [6.45, 7) is 4.99. The van der Waals surface area contributed by atoms with Crippen LogP contribution in [-0.2, 0) is 0 Å². The summed E-state index contributed by atoms with van der Waals surface area (Å²) >= 11 is 0. The van der Waals surface area contributed by atoms with E-state index in [0.29, 0.717) is 0 Å². The van der Waals surface area contributed by atoms with E-state index in [9.17, 15) is 0 Å². The second kappa shape index (κ2) is 5.38. The van der Waals surface area contributed by atoms with E-state index in [1.165, 1.54) is 11.3 Å². The molecule has 0 saturated heterocycles. The van der Waals surface area contributed by atoms with Crippen molar-refractivity contribution in [3.05, 3.63) is 77.8 Å². The third-order valence-corrected chi connectivity index (χ3v) is 2.83. The fourth-order valence-electron chi connectivity index (χ4n) is 1.92. The predicted octanol–water partition coefficient (Wildman–Crippen LogP) is 3.53. The Balaban J connectivity index is 2.42. The second-order valence-corrected chi connectivity index (χ2v) is 4.25. The van der Waals surface area contributed by atoms with Crippen LogP contribution in [0.5, 0.6) is 0 Å². The van der Waals surface area contributed by atoms with Crippen molar-refractivity contribution < 1.29 is 0 Å². The van der Waals surface area contributed by atoms with Crippen molar-refractivity contribution in [2.24, 2.45) is 0 Å². The van der Waals surface area contributed by atoms with E-state index < -0.39 is 0 Å². The molecule has 0 saturated carbocycles. The number of hydrogen-bond donors (Lipinski definition) is 0. The molecule has 0 amide bonds. The first-order chi connectivity index (χ1) is 8.27. The second-order valence-electron chi connectivity index (χ2n) is 4.25. The van der Waals surface area contributed by atoms with E-state index in [2.05, 4.69) is 54.6 Å². The van der Waals surface area contributed by atoms with Crippen LogP contribution >= 0.6 is 0 Å². The van der Waals surface area contributed by atoms with Crippen LogP contribution < -0.4 is 0 Å². The van der Waals surface area contributed by atoms with E-state index in [1.54, 1.807) is 0 Å². The van der Waals surface area contributed by atoms with Gasteiger partial charge in [0.15, 0.2) is 0 Å². The highest BCUT2D eigenvalue weighted by molar-refractivity contribution is 5.41. The molecule has 0 unspecified atom stereocenters. The molecule has 1 aliphatic carbocycles. The largest absolute Gasteiger partial charge is 0.370 e. The van der Waals surface area contributed by atoms with Crippen molar-refractivity contribution in [2.45, 2.75) is 6.42 Å². The van der Waals surface area contributed by atoms with Crippen molar-refractivity contribution in [1.29, 1.82) is 0 Å². The molecule has 0 radical (unpaired) electrons. The Hall–Kier alpha value is -1.98. The third kappa shape index (κ3) is 2.99. The van der Waals surface area contributed by atoms with Crippen molar-refractivity contribution in [3.63, 3.8) is 0 Å². The first-order valence-corrected chi connectivity index (χ1v) is 5.82. The lowest BCUT2D eigenvalue weighted by Crippen LogP contribution is -2.18. The molecule has 0 fully saturated rings. The minimum absolute atomic E-state index is 0.881. The summed E-state index contributed by atoms with van der Waals surface area (Å²) in [5, 5.41) is 0. The zero-order valence-corrected chi connectivity index (χ0v) is 10.2. The molecule has 0 atom stereocenters.